The molecular formula is C19H22FNO. The summed E-state index contributed by atoms with van der Waals surface area (Å²) in [6.07, 6.45) is 3.97. The van der Waals surface area contributed by atoms with Crippen LogP contribution in [0, 0.1) is 5.82 Å². The normalized spacial score (nSPS) is 15.7. The number of likely N-dealkylation sites (tertiary alicyclic amines) is 1. The van der Waals surface area contributed by atoms with Gasteiger partial charge >= 0.3 is 0 Å². The van der Waals surface area contributed by atoms with E-state index in [-0.39, 0.29) is 5.82 Å². The Balaban J connectivity index is 1.57. The molecule has 0 unspecified atom stereocenters. The molecular weight excluding hydrogens is 277 g/mol. The molecule has 2 aromatic rings. The van der Waals surface area contributed by atoms with Crippen LogP contribution in [0.1, 0.15) is 19.3 Å². The summed E-state index contributed by atoms with van der Waals surface area (Å²) < 4.78 is 18.9. The van der Waals surface area contributed by atoms with Crippen molar-refractivity contribution in [3.63, 3.8) is 0 Å². The Hall–Kier alpha value is -1.87. The van der Waals surface area contributed by atoms with Gasteiger partial charge in [0.2, 0.25) is 0 Å². The zero-order valence-electron chi connectivity index (χ0n) is 12.8. The number of halogens is 1. The average Bonchev–Trinajstić information content (AvgIpc) is 2.57. The molecule has 0 amide bonds. The molecule has 1 aliphatic rings. The van der Waals surface area contributed by atoms with Gasteiger partial charge in [-0.15, -0.1) is 0 Å². The molecule has 2 nitrogen and oxygen atoms in total. The summed E-state index contributed by atoms with van der Waals surface area (Å²) in [4.78, 5) is 2.47. The first-order chi connectivity index (χ1) is 10.8. The third-order valence-corrected chi connectivity index (χ3v) is 4.14. The Morgan fingerprint density at radius 1 is 0.909 bits per heavy atom. The molecule has 0 atom stereocenters. The number of ether oxygens (including phenoxy) is 1. The molecule has 0 N–H and O–H groups in total. The van der Waals surface area contributed by atoms with E-state index in [9.17, 15) is 4.39 Å². The minimum Gasteiger partial charge on any atom is -0.492 e. The topological polar surface area (TPSA) is 12.5 Å². The van der Waals surface area contributed by atoms with Crippen molar-refractivity contribution in [1.29, 1.82) is 0 Å². The zero-order chi connectivity index (χ0) is 15.2. The van der Waals surface area contributed by atoms with Crippen molar-refractivity contribution in [3.8, 4) is 16.9 Å². The van der Waals surface area contributed by atoms with Crippen molar-refractivity contribution in [2.24, 2.45) is 0 Å². The molecule has 116 valence electrons. The van der Waals surface area contributed by atoms with E-state index in [2.05, 4.69) is 4.90 Å². The van der Waals surface area contributed by atoms with Crippen molar-refractivity contribution in [2.75, 3.05) is 26.2 Å². The van der Waals surface area contributed by atoms with Gasteiger partial charge in [0.15, 0.2) is 0 Å². The van der Waals surface area contributed by atoms with Crippen LogP contribution in [0.15, 0.2) is 48.5 Å². The molecule has 0 saturated carbocycles. The lowest BCUT2D eigenvalue weighted by Crippen LogP contribution is -2.33. The van der Waals surface area contributed by atoms with Crippen LogP contribution in [0.25, 0.3) is 11.1 Å². The molecule has 0 bridgehead atoms. The van der Waals surface area contributed by atoms with Crippen LogP contribution < -0.4 is 4.74 Å². The van der Waals surface area contributed by atoms with E-state index in [0.29, 0.717) is 6.61 Å². The number of benzene rings is 2. The average molecular weight is 299 g/mol. The van der Waals surface area contributed by atoms with Crippen LogP contribution >= 0.6 is 0 Å². The fourth-order valence-electron chi connectivity index (χ4n) is 2.88. The Morgan fingerprint density at radius 3 is 2.45 bits per heavy atom. The van der Waals surface area contributed by atoms with Gasteiger partial charge < -0.3 is 4.74 Å². The van der Waals surface area contributed by atoms with Gasteiger partial charge in [-0.3, -0.25) is 4.90 Å². The Kier molecular flexibility index (Phi) is 5.07. The highest BCUT2D eigenvalue weighted by molar-refractivity contribution is 5.64. The molecule has 1 aliphatic heterocycles. The summed E-state index contributed by atoms with van der Waals surface area (Å²) in [6.45, 7) is 4.09. The van der Waals surface area contributed by atoms with Crippen LogP contribution in [0.5, 0.6) is 5.75 Å². The van der Waals surface area contributed by atoms with E-state index in [0.717, 1.165) is 23.4 Å². The van der Waals surface area contributed by atoms with Gasteiger partial charge in [0, 0.05) is 6.54 Å². The van der Waals surface area contributed by atoms with Gasteiger partial charge in [-0.1, -0.05) is 30.7 Å². The molecule has 1 heterocycles. The second-order valence-electron chi connectivity index (χ2n) is 5.79. The lowest BCUT2D eigenvalue weighted by molar-refractivity contribution is 0.183. The van der Waals surface area contributed by atoms with E-state index in [4.69, 9.17) is 4.74 Å². The standard InChI is InChI=1S/C19H22FNO/c20-18-9-7-16(8-10-18)17-5-4-6-19(15-17)22-14-13-21-11-2-1-3-12-21/h4-10,15H,1-3,11-14H2. The van der Waals surface area contributed by atoms with Crippen molar-refractivity contribution in [1.82, 2.24) is 4.90 Å². The summed E-state index contributed by atoms with van der Waals surface area (Å²) in [6, 6.07) is 14.6. The number of rotatable bonds is 5. The molecule has 0 aromatic heterocycles. The minimum atomic E-state index is -0.210. The summed E-state index contributed by atoms with van der Waals surface area (Å²) in [5, 5.41) is 0. The maximum absolute atomic E-state index is 13.0. The van der Waals surface area contributed by atoms with E-state index in [1.54, 1.807) is 12.1 Å². The maximum Gasteiger partial charge on any atom is 0.123 e. The van der Waals surface area contributed by atoms with Gasteiger partial charge in [-0.05, 0) is 61.3 Å². The zero-order valence-corrected chi connectivity index (χ0v) is 12.8. The minimum absolute atomic E-state index is 0.210. The van der Waals surface area contributed by atoms with Gasteiger partial charge in [0.05, 0.1) is 0 Å². The summed E-state index contributed by atoms with van der Waals surface area (Å²) >= 11 is 0. The fraction of sp³-hybridized carbons (Fsp3) is 0.368. The first-order valence-electron chi connectivity index (χ1n) is 8.02. The fourth-order valence-corrected chi connectivity index (χ4v) is 2.88. The second kappa shape index (κ2) is 7.41. The molecule has 0 aliphatic carbocycles. The maximum atomic E-state index is 13.0. The van der Waals surface area contributed by atoms with Crippen LogP contribution in [-0.4, -0.2) is 31.1 Å². The first-order valence-corrected chi connectivity index (χ1v) is 8.02. The number of piperidine rings is 1. The van der Waals surface area contributed by atoms with E-state index >= 15 is 0 Å². The first kappa shape index (κ1) is 15.0. The lowest BCUT2D eigenvalue weighted by Gasteiger charge is -2.26. The largest absolute Gasteiger partial charge is 0.492 e. The number of nitrogens with zero attached hydrogens (tertiary/aromatic N) is 1. The third-order valence-electron chi connectivity index (χ3n) is 4.14. The van der Waals surface area contributed by atoms with Crippen LogP contribution in [0.4, 0.5) is 4.39 Å². The Morgan fingerprint density at radius 2 is 1.68 bits per heavy atom. The smallest absolute Gasteiger partial charge is 0.123 e. The Labute approximate surface area is 131 Å². The van der Waals surface area contributed by atoms with E-state index in [1.807, 2.05) is 24.3 Å². The quantitative estimate of drug-likeness (QED) is 0.813. The van der Waals surface area contributed by atoms with Crippen molar-refractivity contribution in [2.45, 2.75) is 19.3 Å². The van der Waals surface area contributed by atoms with E-state index < -0.39 is 0 Å². The molecule has 22 heavy (non-hydrogen) atoms. The van der Waals surface area contributed by atoms with Gasteiger partial charge in [0.25, 0.3) is 0 Å². The van der Waals surface area contributed by atoms with Gasteiger partial charge in [0.1, 0.15) is 18.2 Å². The monoisotopic (exact) mass is 299 g/mol. The predicted molar refractivity (Wildman–Crippen MR) is 87.6 cm³/mol. The highest BCUT2D eigenvalue weighted by atomic mass is 19.1. The predicted octanol–water partition coefficient (Wildman–Crippen LogP) is 4.36. The number of hydrogen-bond donors (Lipinski definition) is 0. The van der Waals surface area contributed by atoms with Crippen molar-refractivity contribution in [3.05, 3.63) is 54.3 Å². The SMILES string of the molecule is Fc1ccc(-c2cccc(OCCN3CCCCC3)c2)cc1. The Bertz CT molecular complexity index is 591. The van der Waals surface area contributed by atoms with Crippen LogP contribution in [0.3, 0.4) is 0 Å². The molecule has 2 aromatic carbocycles. The third kappa shape index (κ3) is 4.08. The van der Waals surface area contributed by atoms with Crippen LogP contribution in [0.2, 0.25) is 0 Å². The van der Waals surface area contributed by atoms with Gasteiger partial charge in [-0.25, -0.2) is 4.39 Å². The summed E-state index contributed by atoms with van der Waals surface area (Å²) in [5.74, 6) is 0.663. The van der Waals surface area contributed by atoms with Crippen molar-refractivity contribution >= 4 is 0 Å². The van der Waals surface area contributed by atoms with Crippen molar-refractivity contribution < 1.29 is 9.13 Å². The molecule has 0 spiro atoms. The summed E-state index contributed by atoms with van der Waals surface area (Å²) in [7, 11) is 0. The van der Waals surface area contributed by atoms with Crippen LogP contribution in [-0.2, 0) is 0 Å². The molecule has 1 fully saturated rings. The number of hydrogen-bond acceptors (Lipinski definition) is 2. The van der Waals surface area contributed by atoms with E-state index in [1.165, 1.54) is 44.5 Å². The molecule has 1 saturated heterocycles. The van der Waals surface area contributed by atoms with Gasteiger partial charge in [-0.2, -0.15) is 0 Å². The molecule has 3 heteroatoms. The molecule has 3 rings (SSSR count). The molecule has 0 radical (unpaired) electrons. The lowest BCUT2D eigenvalue weighted by atomic mass is 10.1. The highest BCUT2D eigenvalue weighted by Crippen LogP contribution is 2.24. The highest BCUT2D eigenvalue weighted by Gasteiger charge is 2.09. The summed E-state index contributed by atoms with van der Waals surface area (Å²) in [5.41, 5.74) is 2.05. The second-order valence-corrected chi connectivity index (χ2v) is 5.79.